The van der Waals surface area contributed by atoms with E-state index in [4.69, 9.17) is 0 Å². The van der Waals surface area contributed by atoms with Crippen molar-refractivity contribution >= 4 is 29.3 Å². The van der Waals surface area contributed by atoms with Gasteiger partial charge in [-0.1, -0.05) is 0 Å². The van der Waals surface area contributed by atoms with Crippen molar-refractivity contribution in [3.63, 3.8) is 0 Å². The minimum Gasteiger partial charge on any atom is -0.346 e. The molecule has 0 aliphatic heterocycles. The van der Waals surface area contributed by atoms with Gasteiger partial charge >= 0.3 is 0 Å². The maximum atomic E-state index is 12.8. The lowest BCUT2D eigenvalue weighted by Crippen LogP contribution is -2.33. The summed E-state index contributed by atoms with van der Waals surface area (Å²) in [7, 11) is 0. The summed E-state index contributed by atoms with van der Waals surface area (Å²) >= 11 is 1.33. The van der Waals surface area contributed by atoms with Crippen LogP contribution in [0.4, 0.5) is 14.5 Å². The zero-order valence-corrected chi connectivity index (χ0v) is 10.4. The van der Waals surface area contributed by atoms with Gasteiger partial charge in [-0.05, 0) is 18.4 Å². The molecule has 1 aromatic rings. The van der Waals surface area contributed by atoms with Crippen LogP contribution in [-0.4, -0.2) is 30.4 Å². The standard InChI is InChI=1S/C11H12F2N2O2S/c1-18-6-11(17)14-5-10(16)15-7-2-3-8(12)9(13)4-7/h2-4H,5-6H2,1H3,(H,14,17)(H,15,16). The first-order valence-electron chi connectivity index (χ1n) is 5.03. The Kier molecular flexibility index (Phi) is 5.57. The van der Waals surface area contributed by atoms with Crippen molar-refractivity contribution in [1.29, 1.82) is 0 Å². The minimum absolute atomic E-state index is 0.137. The van der Waals surface area contributed by atoms with Gasteiger partial charge in [-0.25, -0.2) is 8.78 Å². The molecule has 2 amide bonds. The smallest absolute Gasteiger partial charge is 0.243 e. The van der Waals surface area contributed by atoms with Gasteiger partial charge in [0.15, 0.2) is 11.6 Å². The van der Waals surface area contributed by atoms with E-state index in [2.05, 4.69) is 10.6 Å². The Morgan fingerprint density at radius 1 is 1.22 bits per heavy atom. The molecule has 98 valence electrons. The van der Waals surface area contributed by atoms with Crippen LogP contribution in [0.3, 0.4) is 0 Å². The topological polar surface area (TPSA) is 58.2 Å². The zero-order valence-electron chi connectivity index (χ0n) is 9.63. The summed E-state index contributed by atoms with van der Waals surface area (Å²) in [5.41, 5.74) is 0.137. The number of hydrogen-bond donors (Lipinski definition) is 2. The Hall–Kier alpha value is -1.63. The van der Waals surface area contributed by atoms with Crippen LogP contribution in [0.2, 0.25) is 0 Å². The number of hydrogen-bond acceptors (Lipinski definition) is 3. The molecular formula is C11H12F2N2O2S. The summed E-state index contributed by atoms with van der Waals surface area (Å²) in [6, 6.07) is 3.02. The van der Waals surface area contributed by atoms with E-state index in [1.54, 1.807) is 6.26 Å². The highest BCUT2D eigenvalue weighted by molar-refractivity contribution is 7.99. The van der Waals surface area contributed by atoms with Crippen molar-refractivity contribution in [3.8, 4) is 0 Å². The maximum absolute atomic E-state index is 12.8. The summed E-state index contributed by atoms with van der Waals surface area (Å²) in [5, 5.41) is 4.73. The number of halogens is 2. The molecule has 1 aromatic carbocycles. The van der Waals surface area contributed by atoms with Crippen LogP contribution in [0.25, 0.3) is 0 Å². The molecule has 0 bridgehead atoms. The average Bonchev–Trinajstić information content (AvgIpc) is 2.32. The molecule has 4 nitrogen and oxygen atoms in total. The molecule has 1 rings (SSSR count). The van der Waals surface area contributed by atoms with E-state index in [-0.39, 0.29) is 23.9 Å². The van der Waals surface area contributed by atoms with E-state index >= 15 is 0 Å². The number of carbonyl (C=O) groups is 2. The molecule has 0 aliphatic rings. The lowest BCUT2D eigenvalue weighted by molar-refractivity contribution is -0.122. The predicted molar refractivity (Wildman–Crippen MR) is 66.4 cm³/mol. The predicted octanol–water partition coefficient (Wildman–Crippen LogP) is 1.38. The highest BCUT2D eigenvalue weighted by Gasteiger charge is 2.07. The van der Waals surface area contributed by atoms with Crippen molar-refractivity contribution in [3.05, 3.63) is 29.8 Å². The van der Waals surface area contributed by atoms with Gasteiger partial charge in [0.25, 0.3) is 0 Å². The molecule has 0 saturated carbocycles. The van der Waals surface area contributed by atoms with Gasteiger partial charge < -0.3 is 10.6 Å². The van der Waals surface area contributed by atoms with Gasteiger partial charge in [0, 0.05) is 11.8 Å². The molecular weight excluding hydrogens is 262 g/mol. The summed E-state index contributed by atoms with van der Waals surface area (Å²) in [6.07, 6.45) is 1.76. The van der Waals surface area contributed by atoms with Crippen LogP contribution in [0, 0.1) is 11.6 Å². The van der Waals surface area contributed by atoms with Crippen molar-refractivity contribution in [2.24, 2.45) is 0 Å². The molecule has 18 heavy (non-hydrogen) atoms. The molecule has 0 aromatic heterocycles. The van der Waals surface area contributed by atoms with Crippen LogP contribution in [0.5, 0.6) is 0 Å². The second kappa shape index (κ2) is 6.95. The molecule has 7 heteroatoms. The van der Waals surface area contributed by atoms with Crippen LogP contribution >= 0.6 is 11.8 Å². The molecule has 0 fully saturated rings. The largest absolute Gasteiger partial charge is 0.346 e. The third kappa shape index (κ3) is 4.70. The number of thioether (sulfide) groups is 1. The van der Waals surface area contributed by atoms with Crippen LogP contribution in [0.1, 0.15) is 0 Å². The minimum atomic E-state index is -1.04. The Labute approximate surface area is 107 Å². The number of anilines is 1. The number of benzene rings is 1. The fourth-order valence-corrected chi connectivity index (χ4v) is 1.50. The number of amides is 2. The van der Waals surface area contributed by atoms with E-state index in [0.29, 0.717) is 0 Å². The average molecular weight is 274 g/mol. The lowest BCUT2D eigenvalue weighted by Gasteiger charge is -2.06. The van der Waals surface area contributed by atoms with Gasteiger partial charge in [-0.15, -0.1) is 0 Å². The second-order valence-electron chi connectivity index (χ2n) is 3.39. The first-order valence-corrected chi connectivity index (χ1v) is 6.43. The molecule has 0 aliphatic carbocycles. The molecule has 2 N–H and O–H groups in total. The third-order valence-corrected chi connectivity index (χ3v) is 2.48. The zero-order chi connectivity index (χ0) is 13.5. The molecule has 0 spiro atoms. The van der Waals surface area contributed by atoms with Crippen molar-refractivity contribution in [2.75, 3.05) is 23.9 Å². The maximum Gasteiger partial charge on any atom is 0.243 e. The van der Waals surface area contributed by atoms with Crippen molar-refractivity contribution in [1.82, 2.24) is 5.32 Å². The van der Waals surface area contributed by atoms with E-state index in [1.165, 1.54) is 17.8 Å². The SMILES string of the molecule is CSCC(=O)NCC(=O)Nc1ccc(F)c(F)c1. The highest BCUT2D eigenvalue weighted by Crippen LogP contribution is 2.12. The Bertz CT molecular complexity index is 455. The first-order chi connectivity index (χ1) is 8.52. The van der Waals surface area contributed by atoms with Crippen LogP contribution in [0.15, 0.2) is 18.2 Å². The number of carbonyl (C=O) groups excluding carboxylic acids is 2. The van der Waals surface area contributed by atoms with E-state index in [0.717, 1.165) is 12.1 Å². The molecule has 0 radical (unpaired) electrons. The fraction of sp³-hybridized carbons (Fsp3) is 0.273. The van der Waals surface area contributed by atoms with Gasteiger partial charge in [-0.3, -0.25) is 9.59 Å². The van der Waals surface area contributed by atoms with Crippen molar-refractivity contribution in [2.45, 2.75) is 0 Å². The van der Waals surface area contributed by atoms with Crippen molar-refractivity contribution < 1.29 is 18.4 Å². The van der Waals surface area contributed by atoms with Gasteiger partial charge in [0.05, 0.1) is 12.3 Å². The normalized spacial score (nSPS) is 9.94. The molecule has 0 heterocycles. The molecule has 0 saturated heterocycles. The van der Waals surface area contributed by atoms with Gasteiger partial charge in [-0.2, -0.15) is 11.8 Å². The van der Waals surface area contributed by atoms with E-state index in [1.807, 2.05) is 0 Å². The monoisotopic (exact) mass is 274 g/mol. The van der Waals surface area contributed by atoms with Crippen LogP contribution in [-0.2, 0) is 9.59 Å². The van der Waals surface area contributed by atoms with Gasteiger partial charge in [0.1, 0.15) is 0 Å². The summed E-state index contributed by atoms with van der Waals surface area (Å²) in [4.78, 5) is 22.4. The third-order valence-electron chi connectivity index (χ3n) is 1.92. The van der Waals surface area contributed by atoms with E-state index in [9.17, 15) is 18.4 Å². The molecule has 0 unspecified atom stereocenters. The Morgan fingerprint density at radius 2 is 1.94 bits per heavy atom. The second-order valence-corrected chi connectivity index (χ2v) is 4.25. The summed E-state index contributed by atoms with van der Waals surface area (Å²) < 4.78 is 25.5. The lowest BCUT2D eigenvalue weighted by atomic mass is 10.3. The Morgan fingerprint density at radius 3 is 2.56 bits per heavy atom. The molecule has 0 atom stereocenters. The first kappa shape index (κ1) is 14.4. The van der Waals surface area contributed by atoms with E-state index < -0.39 is 17.5 Å². The quantitative estimate of drug-likeness (QED) is 0.853. The number of rotatable bonds is 5. The summed E-state index contributed by atoms with van der Waals surface area (Å²) in [6.45, 7) is -0.210. The van der Waals surface area contributed by atoms with Crippen LogP contribution < -0.4 is 10.6 Å². The fourth-order valence-electron chi connectivity index (χ4n) is 1.14. The van der Waals surface area contributed by atoms with Gasteiger partial charge in [0.2, 0.25) is 11.8 Å². The summed E-state index contributed by atoms with van der Waals surface area (Å²) in [5.74, 6) is -2.53. The highest BCUT2D eigenvalue weighted by atomic mass is 32.2. The Balaban J connectivity index is 2.44. The number of nitrogens with one attached hydrogen (secondary N) is 2.